The van der Waals surface area contributed by atoms with Gasteiger partial charge >= 0.3 is 0 Å². The Balaban J connectivity index is 1.60. The van der Waals surface area contributed by atoms with Gasteiger partial charge in [0.05, 0.1) is 30.4 Å². The number of aromatic nitrogens is 2. The van der Waals surface area contributed by atoms with E-state index in [2.05, 4.69) is 15.3 Å². The van der Waals surface area contributed by atoms with Gasteiger partial charge in [-0.15, -0.1) is 0 Å². The zero-order chi connectivity index (χ0) is 22.8. The van der Waals surface area contributed by atoms with Crippen molar-refractivity contribution >= 4 is 34.3 Å². The van der Waals surface area contributed by atoms with E-state index in [9.17, 15) is 14.3 Å². The topological polar surface area (TPSA) is 144 Å². The molecule has 3 aromatic heterocycles. The van der Waals surface area contributed by atoms with Crippen LogP contribution in [0.15, 0.2) is 35.1 Å². The van der Waals surface area contributed by atoms with Crippen LogP contribution in [0.25, 0.3) is 11.1 Å². The standard InChI is InChI=1S/C22H27FN6O3/c1-12-10-29(11-14(24)20(12)30)16-4-6-26-9-15(16)28-22(31)18-19-17(32-21(18)25)7-13(8-27-19)3-2-5-23/h4,6-9,12,14,20,30H,2-3,5,10-11,24-25H2,1H3,(H,28,31)/t12-,14+,20?/m0/s1. The van der Waals surface area contributed by atoms with Gasteiger partial charge in [0, 0.05) is 37.4 Å². The van der Waals surface area contributed by atoms with Crippen molar-refractivity contribution in [3.8, 4) is 0 Å². The highest BCUT2D eigenvalue weighted by Crippen LogP contribution is 2.32. The molecule has 10 heteroatoms. The number of carbonyl (C=O) groups is 1. The van der Waals surface area contributed by atoms with Gasteiger partial charge in [-0.05, 0) is 30.5 Å². The quantitative estimate of drug-likeness (QED) is 0.454. The van der Waals surface area contributed by atoms with Crippen LogP contribution >= 0.6 is 0 Å². The van der Waals surface area contributed by atoms with Crippen LogP contribution in [-0.4, -0.2) is 52.9 Å². The van der Waals surface area contributed by atoms with E-state index in [0.717, 1.165) is 11.3 Å². The summed E-state index contributed by atoms with van der Waals surface area (Å²) >= 11 is 0. The molecule has 9 nitrogen and oxygen atoms in total. The van der Waals surface area contributed by atoms with Crippen LogP contribution in [0.4, 0.5) is 21.6 Å². The van der Waals surface area contributed by atoms with Crippen LogP contribution in [0.5, 0.6) is 0 Å². The monoisotopic (exact) mass is 442 g/mol. The van der Waals surface area contributed by atoms with Gasteiger partial charge < -0.3 is 31.2 Å². The van der Waals surface area contributed by atoms with E-state index in [0.29, 0.717) is 42.7 Å². The van der Waals surface area contributed by atoms with Gasteiger partial charge in [-0.25, -0.2) is 0 Å². The number of anilines is 3. The fourth-order valence-electron chi connectivity index (χ4n) is 4.12. The number of furan rings is 1. The number of halogens is 1. The number of rotatable bonds is 6. The molecule has 1 unspecified atom stereocenters. The maximum atomic E-state index is 13.1. The minimum atomic E-state index is -0.580. The van der Waals surface area contributed by atoms with E-state index in [1.54, 1.807) is 30.7 Å². The van der Waals surface area contributed by atoms with Crippen molar-refractivity contribution in [1.82, 2.24) is 9.97 Å². The second-order valence-corrected chi connectivity index (χ2v) is 8.21. The lowest BCUT2D eigenvalue weighted by Gasteiger charge is -2.40. The van der Waals surface area contributed by atoms with Crippen LogP contribution < -0.4 is 21.7 Å². The molecule has 0 spiro atoms. The highest BCUT2D eigenvalue weighted by Gasteiger charge is 2.32. The Labute approximate surface area is 184 Å². The average molecular weight is 442 g/mol. The molecule has 0 aliphatic carbocycles. The lowest BCUT2D eigenvalue weighted by atomic mass is 9.92. The van der Waals surface area contributed by atoms with Crippen molar-refractivity contribution in [2.45, 2.75) is 31.9 Å². The van der Waals surface area contributed by atoms with E-state index < -0.39 is 24.7 Å². The first-order valence-electron chi connectivity index (χ1n) is 10.6. The summed E-state index contributed by atoms with van der Waals surface area (Å²) in [6.07, 6.45) is 5.11. The van der Waals surface area contributed by atoms with Crippen LogP contribution in [0.2, 0.25) is 0 Å². The maximum Gasteiger partial charge on any atom is 0.263 e. The van der Waals surface area contributed by atoms with Crippen LogP contribution in [0.1, 0.15) is 29.3 Å². The Kier molecular flexibility index (Phi) is 6.24. The molecular weight excluding hydrogens is 415 g/mol. The van der Waals surface area contributed by atoms with Gasteiger partial charge in [-0.3, -0.25) is 19.2 Å². The zero-order valence-corrected chi connectivity index (χ0v) is 17.8. The van der Waals surface area contributed by atoms with Crippen molar-refractivity contribution in [1.29, 1.82) is 0 Å². The fourth-order valence-corrected chi connectivity index (χ4v) is 4.12. The molecule has 3 atom stereocenters. The predicted octanol–water partition coefficient (Wildman–Crippen LogP) is 2.10. The number of aliphatic hydroxyl groups excluding tert-OH is 1. The number of aliphatic hydroxyl groups is 1. The van der Waals surface area contributed by atoms with E-state index >= 15 is 0 Å². The highest BCUT2D eigenvalue weighted by molar-refractivity contribution is 6.15. The molecule has 1 saturated heterocycles. The molecule has 0 saturated carbocycles. The number of aryl methyl sites for hydroxylation is 1. The van der Waals surface area contributed by atoms with Crippen LogP contribution in [0.3, 0.4) is 0 Å². The van der Waals surface area contributed by atoms with Gasteiger partial charge in [-0.2, -0.15) is 0 Å². The molecule has 4 rings (SSSR count). The highest BCUT2D eigenvalue weighted by atomic mass is 19.1. The molecule has 0 bridgehead atoms. The second-order valence-electron chi connectivity index (χ2n) is 8.21. The molecule has 32 heavy (non-hydrogen) atoms. The number of nitrogens with two attached hydrogens (primary N) is 2. The van der Waals surface area contributed by atoms with Crippen molar-refractivity contribution in [3.63, 3.8) is 0 Å². The molecule has 0 radical (unpaired) electrons. The first kappa shape index (κ1) is 22.0. The smallest absolute Gasteiger partial charge is 0.263 e. The first-order valence-corrected chi connectivity index (χ1v) is 10.6. The SMILES string of the molecule is C[C@H]1CN(c2ccncc2NC(=O)c2c(N)oc3cc(CCCF)cnc23)C[C@@H](N)C1O. The number of hydrogen-bond acceptors (Lipinski definition) is 8. The van der Waals surface area contributed by atoms with Crippen molar-refractivity contribution in [3.05, 3.63) is 41.9 Å². The molecule has 3 aromatic rings. The summed E-state index contributed by atoms with van der Waals surface area (Å²) in [4.78, 5) is 23.6. The third-order valence-electron chi connectivity index (χ3n) is 5.79. The number of carbonyl (C=O) groups excluding carboxylic acids is 1. The van der Waals surface area contributed by atoms with Gasteiger partial charge in [0.1, 0.15) is 11.1 Å². The van der Waals surface area contributed by atoms with E-state index in [1.165, 1.54) is 0 Å². The number of nitrogens with zero attached hydrogens (tertiary/aromatic N) is 3. The van der Waals surface area contributed by atoms with Crippen LogP contribution in [-0.2, 0) is 6.42 Å². The molecule has 170 valence electrons. The Bertz CT molecular complexity index is 1110. The molecule has 6 N–H and O–H groups in total. The molecular formula is C22H27FN6O3. The molecule has 1 fully saturated rings. The Hall–Kier alpha value is -3.24. The van der Waals surface area contributed by atoms with Crippen LogP contribution in [0, 0.1) is 5.92 Å². The molecule has 0 aromatic carbocycles. The first-order chi connectivity index (χ1) is 15.4. The van der Waals surface area contributed by atoms with E-state index in [-0.39, 0.29) is 17.4 Å². The normalized spacial score (nSPS) is 21.1. The largest absolute Gasteiger partial charge is 0.438 e. The molecule has 1 aliphatic rings. The Morgan fingerprint density at radius 2 is 2.22 bits per heavy atom. The number of amides is 1. The average Bonchev–Trinajstić information content (AvgIpc) is 3.11. The molecule has 1 amide bonds. The number of alkyl halides is 1. The van der Waals surface area contributed by atoms with Gasteiger partial charge in [0.2, 0.25) is 5.88 Å². The summed E-state index contributed by atoms with van der Waals surface area (Å²) in [7, 11) is 0. The summed E-state index contributed by atoms with van der Waals surface area (Å²) in [5.74, 6) is -0.552. The molecule has 1 aliphatic heterocycles. The summed E-state index contributed by atoms with van der Waals surface area (Å²) in [6, 6.07) is 3.11. The van der Waals surface area contributed by atoms with Gasteiger partial charge in [-0.1, -0.05) is 6.92 Å². The number of nitrogens with one attached hydrogen (secondary N) is 1. The number of piperidine rings is 1. The summed E-state index contributed by atoms with van der Waals surface area (Å²) < 4.78 is 18.0. The third kappa shape index (κ3) is 4.23. The number of pyridine rings is 2. The minimum absolute atomic E-state index is 0.0280. The lowest BCUT2D eigenvalue weighted by molar-refractivity contribution is 0.0785. The second kappa shape index (κ2) is 9.09. The van der Waals surface area contributed by atoms with Crippen molar-refractivity contribution in [2.75, 3.05) is 35.7 Å². The predicted molar refractivity (Wildman–Crippen MR) is 120 cm³/mol. The summed E-state index contributed by atoms with van der Waals surface area (Å²) in [5, 5.41) is 13.0. The number of hydrogen-bond donors (Lipinski definition) is 4. The number of fused-ring (bicyclic) bond motifs is 1. The van der Waals surface area contributed by atoms with Gasteiger partial charge in [0.25, 0.3) is 5.91 Å². The van der Waals surface area contributed by atoms with Gasteiger partial charge in [0.15, 0.2) is 5.58 Å². The maximum absolute atomic E-state index is 13.1. The lowest BCUT2D eigenvalue weighted by Crippen LogP contribution is -2.55. The minimum Gasteiger partial charge on any atom is -0.438 e. The van der Waals surface area contributed by atoms with E-state index in [1.807, 2.05) is 11.8 Å². The van der Waals surface area contributed by atoms with E-state index in [4.69, 9.17) is 15.9 Å². The summed E-state index contributed by atoms with van der Waals surface area (Å²) in [6.45, 7) is 2.54. The zero-order valence-electron chi connectivity index (χ0n) is 17.8. The summed E-state index contributed by atoms with van der Waals surface area (Å²) in [5.41, 5.74) is 15.0. The molecule has 4 heterocycles. The van der Waals surface area contributed by atoms with Crippen molar-refractivity contribution < 1.29 is 18.7 Å². The Morgan fingerprint density at radius 3 is 2.97 bits per heavy atom. The Morgan fingerprint density at radius 1 is 1.41 bits per heavy atom. The van der Waals surface area contributed by atoms with Crippen molar-refractivity contribution in [2.24, 2.45) is 11.7 Å². The third-order valence-corrected chi connectivity index (χ3v) is 5.79. The number of nitrogen functional groups attached to an aromatic ring is 1. The fraction of sp³-hybridized carbons (Fsp3) is 0.409.